The second-order valence-electron chi connectivity index (χ2n) is 9.63. The summed E-state index contributed by atoms with van der Waals surface area (Å²) in [6.45, 7) is 1.39. The first-order valence-corrected chi connectivity index (χ1v) is 12.2. The molecule has 2 amide bonds. The van der Waals surface area contributed by atoms with E-state index in [1.54, 1.807) is 0 Å². The standard InChI is InChI=1S/C26H27F6N3O3/c27-25(28,29)18-5-3-16(4-6-18)14-21(22(36)34-19-2-1-13-33-15-19)35-23(37)24(11-12-24)17-7-9-20(10-8-17)38-26(30,31)32/h3-10,19,21,33H,1-2,11-15H2,(H,34,36)(H,35,37)/t19-,21-/m0/s1. The van der Waals surface area contributed by atoms with Crippen LogP contribution in [0.25, 0.3) is 0 Å². The predicted octanol–water partition coefficient (Wildman–Crippen LogP) is 4.23. The number of rotatable bonds is 8. The van der Waals surface area contributed by atoms with Crippen molar-refractivity contribution in [2.75, 3.05) is 13.1 Å². The van der Waals surface area contributed by atoms with Crippen LogP contribution < -0.4 is 20.7 Å². The van der Waals surface area contributed by atoms with E-state index in [1.165, 1.54) is 24.3 Å². The van der Waals surface area contributed by atoms with E-state index in [0.717, 1.165) is 43.7 Å². The lowest BCUT2D eigenvalue weighted by atomic mass is 9.93. The maximum atomic E-state index is 13.4. The van der Waals surface area contributed by atoms with Gasteiger partial charge in [-0.05, 0) is 67.6 Å². The van der Waals surface area contributed by atoms with Gasteiger partial charge in [-0.15, -0.1) is 13.2 Å². The van der Waals surface area contributed by atoms with Gasteiger partial charge in [-0.25, -0.2) is 0 Å². The molecule has 0 spiro atoms. The van der Waals surface area contributed by atoms with Gasteiger partial charge < -0.3 is 20.7 Å². The lowest BCUT2D eigenvalue weighted by Gasteiger charge is -2.28. The number of ether oxygens (including phenoxy) is 1. The van der Waals surface area contributed by atoms with Crippen LogP contribution in [0, 0.1) is 0 Å². The van der Waals surface area contributed by atoms with Gasteiger partial charge in [0.15, 0.2) is 0 Å². The van der Waals surface area contributed by atoms with Crippen LogP contribution in [0.2, 0.25) is 0 Å². The lowest BCUT2D eigenvalue weighted by molar-refractivity contribution is -0.274. The number of alkyl halides is 6. The number of halogens is 6. The Kier molecular flexibility index (Phi) is 7.91. The Balaban J connectivity index is 1.50. The van der Waals surface area contributed by atoms with E-state index in [9.17, 15) is 35.9 Å². The zero-order valence-electron chi connectivity index (χ0n) is 20.2. The Hall–Kier alpha value is -3.28. The average Bonchev–Trinajstić information content (AvgIpc) is 3.66. The molecule has 0 aromatic heterocycles. The number of hydrogen-bond acceptors (Lipinski definition) is 4. The van der Waals surface area contributed by atoms with Gasteiger partial charge in [0.1, 0.15) is 11.8 Å². The third-order valence-corrected chi connectivity index (χ3v) is 6.81. The van der Waals surface area contributed by atoms with Crippen LogP contribution in [0.15, 0.2) is 48.5 Å². The van der Waals surface area contributed by atoms with Crippen molar-refractivity contribution in [1.82, 2.24) is 16.0 Å². The SMILES string of the molecule is O=C(N[C@H]1CCCNC1)[C@H](Cc1ccc(C(F)(F)F)cc1)NC(=O)C1(c2ccc(OC(F)(F)F)cc2)CC1. The van der Waals surface area contributed by atoms with Crippen molar-refractivity contribution >= 4 is 11.8 Å². The lowest BCUT2D eigenvalue weighted by Crippen LogP contribution is -2.55. The second kappa shape index (κ2) is 10.8. The van der Waals surface area contributed by atoms with E-state index in [1.807, 2.05) is 0 Å². The fourth-order valence-electron chi connectivity index (χ4n) is 4.60. The Morgan fingerprint density at radius 3 is 2.18 bits per heavy atom. The Morgan fingerprint density at radius 2 is 1.66 bits per heavy atom. The molecule has 0 bridgehead atoms. The Labute approximate surface area is 215 Å². The summed E-state index contributed by atoms with van der Waals surface area (Å²) in [5, 5.41) is 8.83. The molecule has 1 heterocycles. The molecule has 0 radical (unpaired) electrons. The molecule has 1 saturated carbocycles. The average molecular weight is 544 g/mol. The Bertz CT molecular complexity index is 1120. The summed E-state index contributed by atoms with van der Waals surface area (Å²) in [6, 6.07) is 8.17. The molecule has 1 aliphatic heterocycles. The maximum absolute atomic E-state index is 13.4. The van der Waals surface area contributed by atoms with Gasteiger partial charge in [-0.2, -0.15) is 13.2 Å². The summed E-state index contributed by atoms with van der Waals surface area (Å²) >= 11 is 0. The van der Waals surface area contributed by atoms with Crippen molar-refractivity contribution in [1.29, 1.82) is 0 Å². The first kappa shape index (κ1) is 27.7. The quantitative estimate of drug-likeness (QED) is 0.436. The van der Waals surface area contributed by atoms with Gasteiger partial charge in [0.25, 0.3) is 0 Å². The van der Waals surface area contributed by atoms with Crippen molar-refractivity contribution in [2.45, 2.75) is 62.1 Å². The van der Waals surface area contributed by atoms with Crippen LogP contribution in [0.5, 0.6) is 5.75 Å². The fraction of sp³-hybridized carbons (Fsp3) is 0.462. The zero-order valence-corrected chi connectivity index (χ0v) is 20.2. The van der Waals surface area contributed by atoms with Crippen molar-refractivity contribution < 1.29 is 40.7 Å². The molecule has 38 heavy (non-hydrogen) atoms. The first-order chi connectivity index (χ1) is 17.9. The highest BCUT2D eigenvalue weighted by Crippen LogP contribution is 2.49. The molecule has 1 saturated heterocycles. The van der Waals surface area contributed by atoms with Crippen molar-refractivity contribution in [3.8, 4) is 5.75 Å². The molecule has 206 valence electrons. The normalized spacial score (nSPS) is 19.8. The van der Waals surface area contributed by atoms with Crippen molar-refractivity contribution in [2.24, 2.45) is 0 Å². The summed E-state index contributed by atoms with van der Waals surface area (Å²) in [4.78, 5) is 26.5. The monoisotopic (exact) mass is 543 g/mol. The van der Waals surface area contributed by atoms with Crippen molar-refractivity contribution in [3.05, 3.63) is 65.2 Å². The summed E-state index contributed by atoms with van der Waals surface area (Å²) in [6.07, 6.45) is -6.92. The van der Waals surface area contributed by atoms with Gasteiger partial charge in [0, 0.05) is 19.0 Å². The first-order valence-electron chi connectivity index (χ1n) is 12.2. The Morgan fingerprint density at radius 1 is 1.00 bits per heavy atom. The number of benzene rings is 2. The molecule has 2 atom stereocenters. The summed E-state index contributed by atoms with van der Waals surface area (Å²) in [5.74, 6) is -1.36. The van der Waals surface area contributed by atoms with Gasteiger partial charge in [0.2, 0.25) is 11.8 Å². The smallest absolute Gasteiger partial charge is 0.406 e. The molecule has 4 rings (SSSR count). The highest BCUT2D eigenvalue weighted by atomic mass is 19.4. The minimum atomic E-state index is -4.84. The van der Waals surface area contributed by atoms with Crippen LogP contribution in [-0.4, -0.2) is 43.3 Å². The third kappa shape index (κ3) is 6.97. The largest absolute Gasteiger partial charge is 0.573 e. The van der Waals surface area contributed by atoms with E-state index in [0.29, 0.717) is 30.5 Å². The van der Waals surface area contributed by atoms with Crippen LogP contribution >= 0.6 is 0 Å². The minimum Gasteiger partial charge on any atom is -0.406 e. The fourth-order valence-corrected chi connectivity index (χ4v) is 4.60. The second-order valence-corrected chi connectivity index (χ2v) is 9.63. The van der Waals surface area contributed by atoms with E-state index in [-0.39, 0.29) is 12.5 Å². The molecule has 2 aromatic rings. The molecule has 2 aromatic carbocycles. The van der Waals surface area contributed by atoms with Gasteiger partial charge >= 0.3 is 12.5 Å². The van der Waals surface area contributed by atoms with E-state index >= 15 is 0 Å². The molecular weight excluding hydrogens is 516 g/mol. The number of nitrogens with one attached hydrogen (secondary N) is 3. The van der Waals surface area contributed by atoms with E-state index < -0.39 is 47.1 Å². The number of amides is 2. The number of piperidine rings is 1. The predicted molar refractivity (Wildman–Crippen MR) is 125 cm³/mol. The van der Waals surface area contributed by atoms with Crippen LogP contribution in [-0.2, 0) is 27.6 Å². The summed E-state index contributed by atoms with van der Waals surface area (Å²) < 4.78 is 80.2. The van der Waals surface area contributed by atoms with Crippen LogP contribution in [0.1, 0.15) is 42.4 Å². The van der Waals surface area contributed by atoms with Crippen molar-refractivity contribution in [3.63, 3.8) is 0 Å². The number of hydrogen-bond donors (Lipinski definition) is 3. The van der Waals surface area contributed by atoms with Gasteiger partial charge in [-0.3, -0.25) is 9.59 Å². The molecule has 0 unspecified atom stereocenters. The van der Waals surface area contributed by atoms with E-state index in [4.69, 9.17) is 0 Å². The molecule has 1 aliphatic carbocycles. The summed E-state index contributed by atoms with van der Waals surface area (Å²) in [7, 11) is 0. The third-order valence-electron chi connectivity index (χ3n) is 6.81. The minimum absolute atomic E-state index is 0.0374. The molecule has 6 nitrogen and oxygen atoms in total. The van der Waals surface area contributed by atoms with E-state index in [2.05, 4.69) is 20.7 Å². The summed E-state index contributed by atoms with van der Waals surface area (Å²) in [5.41, 5.74) is -0.926. The van der Waals surface area contributed by atoms with Gasteiger partial charge in [-0.1, -0.05) is 24.3 Å². The molecule has 2 aliphatic rings. The molecule has 12 heteroatoms. The number of carbonyl (C=O) groups is 2. The highest BCUT2D eigenvalue weighted by Gasteiger charge is 2.52. The zero-order chi connectivity index (χ0) is 27.6. The maximum Gasteiger partial charge on any atom is 0.573 e. The molecule has 3 N–H and O–H groups in total. The van der Waals surface area contributed by atoms with Crippen LogP contribution in [0.4, 0.5) is 26.3 Å². The highest BCUT2D eigenvalue weighted by molar-refractivity contribution is 5.95. The number of carbonyl (C=O) groups excluding carboxylic acids is 2. The van der Waals surface area contributed by atoms with Gasteiger partial charge in [0.05, 0.1) is 11.0 Å². The molecular formula is C26H27F6N3O3. The molecule has 2 fully saturated rings. The van der Waals surface area contributed by atoms with Crippen LogP contribution in [0.3, 0.4) is 0 Å². The topological polar surface area (TPSA) is 79.5 Å².